The molecule has 0 saturated carbocycles. The summed E-state index contributed by atoms with van der Waals surface area (Å²) in [5.41, 5.74) is -0.608. The van der Waals surface area contributed by atoms with E-state index in [1.165, 1.54) is 24.8 Å². The largest absolute Gasteiger partial charge is 0.496 e. The Hall–Kier alpha value is -1.93. The minimum absolute atomic E-state index is 0.175. The molecule has 1 N–H and O–H groups in total. The van der Waals surface area contributed by atoms with Crippen molar-refractivity contribution in [3.63, 3.8) is 0 Å². The van der Waals surface area contributed by atoms with Crippen molar-refractivity contribution in [2.24, 2.45) is 0 Å². The monoisotopic (exact) mass is 409 g/mol. The molecule has 10 heteroatoms. The first-order valence-electron chi connectivity index (χ1n) is 7.57. The van der Waals surface area contributed by atoms with E-state index in [0.29, 0.717) is 17.2 Å². The standard InChI is InChI=1S/C16H16Cl2F3N3O2/c1-9-13(18)14(16(19,20)21)23-24(9)7-3-6-22-15(25)11-8-10(17)4-5-12(11)26-2/h4-5,8H,3,6-7H2,1-2H3,(H,22,25). The van der Waals surface area contributed by atoms with Crippen molar-refractivity contribution in [3.8, 4) is 5.75 Å². The average Bonchev–Trinajstić information content (AvgIpc) is 2.87. The van der Waals surface area contributed by atoms with Crippen molar-refractivity contribution < 1.29 is 22.7 Å². The maximum atomic E-state index is 12.8. The molecule has 1 aromatic carbocycles. The van der Waals surface area contributed by atoms with Gasteiger partial charge in [0.05, 0.1) is 23.4 Å². The van der Waals surface area contributed by atoms with Crippen molar-refractivity contribution in [1.82, 2.24) is 15.1 Å². The van der Waals surface area contributed by atoms with E-state index in [9.17, 15) is 18.0 Å². The smallest absolute Gasteiger partial charge is 0.436 e. The SMILES string of the molecule is COc1ccc(Cl)cc1C(=O)NCCCn1nc(C(F)(F)F)c(Cl)c1C. The lowest BCUT2D eigenvalue weighted by atomic mass is 10.2. The molecule has 0 aliphatic rings. The molecule has 0 unspecified atom stereocenters. The lowest BCUT2D eigenvalue weighted by molar-refractivity contribution is -0.141. The lowest BCUT2D eigenvalue weighted by Gasteiger charge is -2.10. The number of methoxy groups -OCH3 is 1. The summed E-state index contributed by atoms with van der Waals surface area (Å²) in [6.07, 6.45) is -4.24. The first-order chi connectivity index (χ1) is 12.1. The highest BCUT2D eigenvalue weighted by molar-refractivity contribution is 6.32. The average molecular weight is 410 g/mol. The van der Waals surface area contributed by atoms with Crippen LogP contribution in [0.15, 0.2) is 18.2 Å². The Morgan fingerprint density at radius 1 is 1.35 bits per heavy atom. The molecular formula is C16H16Cl2F3N3O2. The zero-order chi connectivity index (χ0) is 19.5. The number of carbonyl (C=O) groups excluding carboxylic acids is 1. The third-order valence-corrected chi connectivity index (χ3v) is 4.33. The van der Waals surface area contributed by atoms with Gasteiger partial charge in [-0.15, -0.1) is 0 Å². The number of aryl methyl sites for hydroxylation is 1. The summed E-state index contributed by atoms with van der Waals surface area (Å²) in [5, 5.41) is 6.15. The van der Waals surface area contributed by atoms with Gasteiger partial charge in [0.2, 0.25) is 0 Å². The Morgan fingerprint density at radius 2 is 2.04 bits per heavy atom. The summed E-state index contributed by atoms with van der Waals surface area (Å²) in [5.74, 6) is -0.0213. The fourth-order valence-corrected chi connectivity index (χ4v) is 2.72. The van der Waals surface area contributed by atoms with Gasteiger partial charge in [0.25, 0.3) is 5.91 Å². The summed E-state index contributed by atoms with van der Waals surface area (Å²) in [7, 11) is 1.43. The molecule has 2 aromatic rings. The Labute approximate surface area is 158 Å². The Bertz CT molecular complexity index is 807. The fourth-order valence-electron chi connectivity index (χ4n) is 2.31. The van der Waals surface area contributed by atoms with E-state index in [4.69, 9.17) is 27.9 Å². The van der Waals surface area contributed by atoms with Gasteiger partial charge < -0.3 is 10.1 Å². The van der Waals surface area contributed by atoms with Crippen LogP contribution >= 0.6 is 23.2 Å². The van der Waals surface area contributed by atoms with Gasteiger partial charge in [-0.2, -0.15) is 18.3 Å². The lowest BCUT2D eigenvalue weighted by Crippen LogP contribution is -2.26. The predicted octanol–water partition coefficient (Wildman–Crippen LogP) is 4.35. The molecule has 0 aliphatic heterocycles. The summed E-state index contributed by atoms with van der Waals surface area (Å²) in [6.45, 7) is 1.86. The molecule has 0 atom stereocenters. The first-order valence-corrected chi connectivity index (χ1v) is 8.32. The zero-order valence-electron chi connectivity index (χ0n) is 14.0. The second kappa shape index (κ2) is 8.18. The van der Waals surface area contributed by atoms with Crippen molar-refractivity contribution in [2.45, 2.75) is 26.1 Å². The molecule has 26 heavy (non-hydrogen) atoms. The number of rotatable bonds is 6. The second-order valence-electron chi connectivity index (χ2n) is 5.42. The minimum atomic E-state index is -4.61. The summed E-state index contributed by atoms with van der Waals surface area (Å²) in [4.78, 5) is 12.2. The molecule has 142 valence electrons. The van der Waals surface area contributed by atoms with Crippen LogP contribution in [0.4, 0.5) is 13.2 Å². The number of nitrogens with one attached hydrogen (secondary N) is 1. The van der Waals surface area contributed by atoms with Crippen LogP contribution in [0, 0.1) is 6.92 Å². The number of hydrogen-bond donors (Lipinski definition) is 1. The van der Waals surface area contributed by atoms with E-state index >= 15 is 0 Å². The van der Waals surface area contributed by atoms with Crippen LogP contribution in [0.5, 0.6) is 5.75 Å². The number of hydrogen-bond acceptors (Lipinski definition) is 3. The highest BCUT2D eigenvalue weighted by Crippen LogP contribution is 2.35. The summed E-state index contributed by atoms with van der Waals surface area (Å²) < 4.78 is 44.6. The Balaban J connectivity index is 1.96. The Kier molecular flexibility index (Phi) is 6.41. The molecule has 2 rings (SSSR count). The van der Waals surface area contributed by atoms with E-state index in [-0.39, 0.29) is 24.3 Å². The molecule has 1 aromatic heterocycles. The van der Waals surface area contributed by atoms with Gasteiger partial charge in [-0.25, -0.2) is 0 Å². The van der Waals surface area contributed by atoms with Gasteiger partial charge in [-0.05, 0) is 31.5 Å². The van der Waals surface area contributed by atoms with Gasteiger partial charge in [-0.1, -0.05) is 23.2 Å². The predicted molar refractivity (Wildman–Crippen MR) is 91.9 cm³/mol. The van der Waals surface area contributed by atoms with Gasteiger partial charge in [0.1, 0.15) is 5.75 Å². The minimum Gasteiger partial charge on any atom is -0.496 e. The number of alkyl halides is 3. The maximum absolute atomic E-state index is 12.8. The highest BCUT2D eigenvalue weighted by Gasteiger charge is 2.38. The van der Waals surface area contributed by atoms with Crippen molar-refractivity contribution in [2.75, 3.05) is 13.7 Å². The quantitative estimate of drug-likeness (QED) is 0.721. The third kappa shape index (κ3) is 4.62. The second-order valence-corrected chi connectivity index (χ2v) is 6.24. The normalized spacial score (nSPS) is 11.5. The van der Waals surface area contributed by atoms with Crippen molar-refractivity contribution in [1.29, 1.82) is 0 Å². The molecule has 5 nitrogen and oxygen atoms in total. The fraction of sp³-hybridized carbons (Fsp3) is 0.375. The highest BCUT2D eigenvalue weighted by atomic mass is 35.5. The van der Waals surface area contributed by atoms with Crippen LogP contribution in [0.1, 0.15) is 28.2 Å². The number of amides is 1. The maximum Gasteiger partial charge on any atom is 0.436 e. The molecule has 0 bridgehead atoms. The van der Waals surface area contributed by atoms with Gasteiger partial charge in [0, 0.05) is 18.1 Å². The van der Waals surface area contributed by atoms with Crippen molar-refractivity contribution >= 4 is 29.1 Å². The summed E-state index contributed by atoms with van der Waals surface area (Å²) >= 11 is 11.6. The van der Waals surface area contributed by atoms with E-state index in [2.05, 4.69) is 10.4 Å². The molecule has 1 heterocycles. The Morgan fingerprint density at radius 3 is 2.62 bits per heavy atom. The van der Waals surface area contributed by atoms with E-state index in [0.717, 1.165) is 0 Å². The molecule has 0 fully saturated rings. The molecular weight excluding hydrogens is 394 g/mol. The van der Waals surface area contributed by atoms with Crippen LogP contribution in [0.25, 0.3) is 0 Å². The summed E-state index contributed by atoms with van der Waals surface area (Å²) in [6, 6.07) is 4.65. The van der Waals surface area contributed by atoms with Gasteiger partial charge >= 0.3 is 6.18 Å². The van der Waals surface area contributed by atoms with Crippen LogP contribution in [0.2, 0.25) is 10.0 Å². The number of halogens is 5. The first kappa shape index (κ1) is 20.4. The van der Waals surface area contributed by atoms with Crippen LogP contribution in [0.3, 0.4) is 0 Å². The zero-order valence-corrected chi connectivity index (χ0v) is 15.5. The number of carbonyl (C=O) groups is 1. The van der Waals surface area contributed by atoms with E-state index in [1.807, 2.05) is 0 Å². The number of ether oxygens (including phenoxy) is 1. The molecule has 0 saturated heterocycles. The van der Waals surface area contributed by atoms with Gasteiger partial charge in [-0.3, -0.25) is 9.48 Å². The van der Waals surface area contributed by atoms with E-state index in [1.54, 1.807) is 12.1 Å². The molecule has 0 radical (unpaired) electrons. The van der Waals surface area contributed by atoms with Crippen LogP contribution < -0.4 is 10.1 Å². The van der Waals surface area contributed by atoms with E-state index < -0.39 is 22.8 Å². The van der Waals surface area contributed by atoms with Crippen molar-refractivity contribution in [3.05, 3.63) is 45.2 Å². The van der Waals surface area contributed by atoms with Crippen LogP contribution in [-0.4, -0.2) is 29.3 Å². The van der Waals surface area contributed by atoms with Gasteiger partial charge in [0.15, 0.2) is 5.69 Å². The number of aromatic nitrogens is 2. The molecule has 1 amide bonds. The topological polar surface area (TPSA) is 56.1 Å². The number of benzene rings is 1. The van der Waals surface area contributed by atoms with Crippen LogP contribution in [-0.2, 0) is 12.7 Å². The molecule has 0 aliphatic carbocycles. The molecule has 0 spiro atoms. The number of nitrogens with zero attached hydrogens (tertiary/aromatic N) is 2. The third-order valence-electron chi connectivity index (χ3n) is 3.64.